The quantitative estimate of drug-likeness (QED) is 0.811. The largest absolute Gasteiger partial charge is 0.316 e. The van der Waals surface area contributed by atoms with E-state index >= 15 is 0 Å². The monoisotopic (exact) mass is 358 g/mol. The molecule has 8 heteroatoms. The number of carbonyl (C=O) groups is 1. The second-order valence-electron chi connectivity index (χ2n) is 5.29. The average Bonchev–Trinajstić information content (AvgIpc) is 2.89. The van der Waals surface area contributed by atoms with E-state index in [0.717, 1.165) is 5.69 Å². The molecule has 22 heavy (non-hydrogen) atoms. The number of rotatable bonds is 2. The number of benzene rings is 1. The third-order valence-electron chi connectivity index (χ3n) is 3.68. The van der Waals surface area contributed by atoms with Crippen molar-refractivity contribution in [1.82, 2.24) is 0 Å². The van der Waals surface area contributed by atoms with Crippen LogP contribution in [0.15, 0.2) is 29.3 Å². The lowest BCUT2D eigenvalue weighted by Crippen LogP contribution is -2.37. The molecule has 0 spiro atoms. The van der Waals surface area contributed by atoms with Crippen LogP contribution in [0.4, 0.5) is 5.69 Å². The summed E-state index contributed by atoms with van der Waals surface area (Å²) < 4.78 is 23.8. The number of anilines is 1. The number of fused-ring (bicyclic) bond motifs is 1. The molecule has 0 aliphatic carbocycles. The first-order valence-corrected chi connectivity index (χ1v) is 10.0. The van der Waals surface area contributed by atoms with Gasteiger partial charge in [-0.3, -0.25) is 4.79 Å². The Bertz CT molecular complexity index is 748. The van der Waals surface area contributed by atoms with Crippen LogP contribution < -0.4 is 4.90 Å². The van der Waals surface area contributed by atoms with E-state index in [1.165, 1.54) is 11.8 Å². The molecule has 0 bridgehead atoms. The van der Waals surface area contributed by atoms with Gasteiger partial charge in [0, 0.05) is 22.4 Å². The number of nitrogens with zero attached hydrogens (tertiary/aromatic N) is 2. The van der Waals surface area contributed by atoms with Gasteiger partial charge in [0.05, 0.1) is 17.5 Å². The van der Waals surface area contributed by atoms with Crippen LogP contribution in [0.25, 0.3) is 0 Å². The smallest absolute Gasteiger partial charge is 0.247 e. The maximum atomic E-state index is 11.9. The zero-order chi connectivity index (χ0) is 15.9. The summed E-state index contributed by atoms with van der Waals surface area (Å²) in [4.78, 5) is 17.7. The highest BCUT2D eigenvalue weighted by Crippen LogP contribution is 2.41. The SMILES string of the molecule is CCC(=O)N=C1S[C@H]2CS(=O)(=O)C[C@@H]2N1c1cccc(Cl)c1. The third kappa shape index (κ3) is 3.02. The van der Waals surface area contributed by atoms with E-state index in [2.05, 4.69) is 4.99 Å². The predicted octanol–water partition coefficient (Wildman–Crippen LogP) is 2.35. The number of thioether (sulfide) groups is 1. The molecule has 3 rings (SSSR count). The standard InChI is InChI=1S/C14H15ClN2O3S2/c1-2-13(18)16-14-17(10-5-3-4-9(15)6-10)11-7-22(19,20)8-12(11)21-14/h3-6,11-12H,2,7-8H2,1H3/t11-,12-/m0/s1. The Labute approximate surface area is 138 Å². The van der Waals surface area contributed by atoms with Gasteiger partial charge in [-0.2, -0.15) is 4.99 Å². The van der Waals surface area contributed by atoms with Gasteiger partial charge in [-0.1, -0.05) is 36.4 Å². The Morgan fingerprint density at radius 2 is 2.23 bits per heavy atom. The molecule has 118 valence electrons. The van der Waals surface area contributed by atoms with Crippen LogP contribution in [0.1, 0.15) is 13.3 Å². The number of carbonyl (C=O) groups excluding carboxylic acids is 1. The molecule has 0 radical (unpaired) electrons. The van der Waals surface area contributed by atoms with Crippen LogP contribution in [-0.4, -0.2) is 42.3 Å². The molecule has 1 aromatic carbocycles. The molecule has 1 amide bonds. The van der Waals surface area contributed by atoms with Crippen molar-refractivity contribution in [2.45, 2.75) is 24.6 Å². The van der Waals surface area contributed by atoms with Gasteiger partial charge in [-0.15, -0.1) is 0 Å². The fraction of sp³-hybridized carbons (Fsp3) is 0.429. The molecule has 1 aromatic rings. The summed E-state index contributed by atoms with van der Waals surface area (Å²) in [5.41, 5.74) is 0.771. The maximum Gasteiger partial charge on any atom is 0.247 e. The molecule has 0 N–H and O–H groups in total. The minimum absolute atomic E-state index is 0.0799. The lowest BCUT2D eigenvalue weighted by atomic mass is 10.2. The minimum Gasteiger partial charge on any atom is -0.316 e. The Morgan fingerprint density at radius 1 is 1.45 bits per heavy atom. The highest BCUT2D eigenvalue weighted by Gasteiger charge is 2.49. The average molecular weight is 359 g/mol. The van der Waals surface area contributed by atoms with Gasteiger partial charge in [0.15, 0.2) is 15.0 Å². The summed E-state index contributed by atoms with van der Waals surface area (Å²) in [6, 6.07) is 6.98. The molecule has 2 aliphatic rings. The number of hydrogen-bond acceptors (Lipinski definition) is 4. The van der Waals surface area contributed by atoms with Crippen molar-refractivity contribution < 1.29 is 13.2 Å². The summed E-state index contributed by atoms with van der Waals surface area (Å²) in [6.45, 7) is 1.75. The Kier molecular flexibility index (Phi) is 4.22. The van der Waals surface area contributed by atoms with E-state index < -0.39 is 9.84 Å². The molecule has 0 saturated carbocycles. The molecule has 0 aromatic heterocycles. The van der Waals surface area contributed by atoms with Crippen molar-refractivity contribution in [3.63, 3.8) is 0 Å². The molecule has 5 nitrogen and oxygen atoms in total. The van der Waals surface area contributed by atoms with Crippen LogP contribution in [0, 0.1) is 0 Å². The molecular formula is C14H15ClN2O3S2. The van der Waals surface area contributed by atoms with Crippen molar-refractivity contribution >= 4 is 50.0 Å². The fourth-order valence-electron chi connectivity index (χ4n) is 2.68. The molecule has 2 fully saturated rings. The van der Waals surface area contributed by atoms with Gasteiger partial charge in [0.2, 0.25) is 5.91 Å². The zero-order valence-electron chi connectivity index (χ0n) is 11.9. The van der Waals surface area contributed by atoms with E-state index in [1.54, 1.807) is 25.1 Å². The molecule has 2 saturated heterocycles. The Morgan fingerprint density at radius 3 is 2.91 bits per heavy atom. The number of amidine groups is 1. The lowest BCUT2D eigenvalue weighted by molar-refractivity contribution is -0.117. The first kappa shape index (κ1) is 15.8. The fourth-order valence-corrected chi connectivity index (χ4v) is 6.79. The number of aliphatic imine (C=N–C) groups is 1. The third-order valence-corrected chi connectivity index (χ3v) is 7.12. The van der Waals surface area contributed by atoms with Crippen LogP contribution in [-0.2, 0) is 14.6 Å². The van der Waals surface area contributed by atoms with E-state index in [-0.39, 0.29) is 28.7 Å². The lowest BCUT2D eigenvalue weighted by Gasteiger charge is -2.24. The summed E-state index contributed by atoms with van der Waals surface area (Å²) in [5.74, 6) is -0.00716. The van der Waals surface area contributed by atoms with Crippen molar-refractivity contribution in [2.24, 2.45) is 4.99 Å². The second-order valence-corrected chi connectivity index (χ2v) is 9.09. The van der Waals surface area contributed by atoms with E-state index in [0.29, 0.717) is 16.6 Å². The minimum atomic E-state index is -3.05. The maximum absolute atomic E-state index is 11.9. The van der Waals surface area contributed by atoms with Crippen molar-refractivity contribution in [2.75, 3.05) is 16.4 Å². The molecular weight excluding hydrogens is 344 g/mol. The summed E-state index contributed by atoms with van der Waals surface area (Å²) >= 11 is 7.41. The first-order valence-electron chi connectivity index (χ1n) is 6.93. The van der Waals surface area contributed by atoms with Crippen LogP contribution in [0.3, 0.4) is 0 Å². The molecule has 2 aliphatic heterocycles. The van der Waals surface area contributed by atoms with Gasteiger partial charge in [0.25, 0.3) is 0 Å². The van der Waals surface area contributed by atoms with Gasteiger partial charge < -0.3 is 4.90 Å². The number of hydrogen-bond donors (Lipinski definition) is 0. The number of halogens is 1. The Hall–Kier alpha value is -1.05. The highest BCUT2D eigenvalue weighted by molar-refractivity contribution is 8.16. The first-order chi connectivity index (χ1) is 10.4. The number of sulfone groups is 1. The van der Waals surface area contributed by atoms with Gasteiger partial charge in [-0.25, -0.2) is 8.42 Å². The Balaban J connectivity index is 2.03. The molecule has 0 unspecified atom stereocenters. The van der Waals surface area contributed by atoms with Crippen molar-refractivity contribution in [3.8, 4) is 0 Å². The molecule has 2 atom stereocenters. The van der Waals surface area contributed by atoms with Crippen LogP contribution in [0.5, 0.6) is 0 Å². The van der Waals surface area contributed by atoms with Crippen molar-refractivity contribution in [3.05, 3.63) is 29.3 Å². The predicted molar refractivity (Wildman–Crippen MR) is 90.5 cm³/mol. The van der Waals surface area contributed by atoms with Gasteiger partial charge in [-0.05, 0) is 18.2 Å². The van der Waals surface area contributed by atoms with E-state index in [9.17, 15) is 13.2 Å². The van der Waals surface area contributed by atoms with Crippen molar-refractivity contribution in [1.29, 1.82) is 0 Å². The van der Waals surface area contributed by atoms with Gasteiger partial charge >= 0.3 is 0 Å². The van der Waals surface area contributed by atoms with Crippen LogP contribution >= 0.6 is 23.4 Å². The van der Waals surface area contributed by atoms with E-state index in [1.807, 2.05) is 11.0 Å². The normalized spacial score (nSPS) is 28.1. The highest BCUT2D eigenvalue weighted by atomic mass is 35.5. The molecule has 2 heterocycles. The summed E-state index contributed by atoms with van der Waals surface area (Å²) in [5, 5.41) is 1.04. The summed E-state index contributed by atoms with van der Waals surface area (Å²) in [7, 11) is -3.05. The summed E-state index contributed by atoms with van der Waals surface area (Å²) in [6.07, 6.45) is 0.321. The second kappa shape index (κ2) is 5.86. The van der Waals surface area contributed by atoms with Crippen LogP contribution in [0.2, 0.25) is 5.02 Å². The van der Waals surface area contributed by atoms with E-state index in [4.69, 9.17) is 11.6 Å². The zero-order valence-corrected chi connectivity index (χ0v) is 14.3. The topological polar surface area (TPSA) is 66.8 Å². The number of amides is 1. The van der Waals surface area contributed by atoms with Gasteiger partial charge in [0.1, 0.15) is 0 Å².